The number of ketones is 2. The van der Waals surface area contributed by atoms with E-state index in [0.717, 1.165) is 165 Å². The van der Waals surface area contributed by atoms with Crippen molar-refractivity contribution >= 4 is 165 Å². The third kappa shape index (κ3) is 56.1. The molecule has 7 aliphatic carbocycles. The van der Waals surface area contributed by atoms with Crippen LogP contribution < -0.4 is 0 Å². The van der Waals surface area contributed by atoms with Gasteiger partial charge in [-0.3, -0.25) is 42.7 Å². The lowest BCUT2D eigenvalue weighted by molar-refractivity contribution is -0.137. The van der Waals surface area contributed by atoms with Gasteiger partial charge in [-0.15, -0.1) is 23.2 Å². The number of carbonyl (C=O) groups excluding carboxylic acids is 6. The minimum Gasteiger partial charge on any atom is -0.481 e. The fourth-order valence-corrected chi connectivity index (χ4v) is 14.6. The summed E-state index contributed by atoms with van der Waals surface area (Å²) in [4.78, 5) is 95.8. The van der Waals surface area contributed by atoms with Crippen LogP contribution in [0.3, 0.4) is 0 Å². The predicted octanol–water partition coefficient (Wildman–Crippen LogP) is 22.3. The third-order valence-electron chi connectivity index (χ3n) is 18.9. The van der Waals surface area contributed by atoms with Gasteiger partial charge in [0, 0.05) is 171 Å². The van der Waals surface area contributed by atoms with Gasteiger partial charge in [-0.05, 0) is 202 Å². The van der Waals surface area contributed by atoms with Gasteiger partial charge in [0.25, 0.3) is 0 Å². The number of allylic oxidation sites excluding steroid dienone is 20. The highest BCUT2D eigenvalue weighted by Gasteiger charge is 2.27. The van der Waals surface area contributed by atoms with Crippen molar-refractivity contribution in [2.24, 2.45) is 0 Å². The van der Waals surface area contributed by atoms with Crippen LogP contribution in [0.25, 0.3) is 0 Å². The molecule has 112 heavy (non-hydrogen) atoms. The molecule has 13 rings (SSSR count). The van der Waals surface area contributed by atoms with E-state index in [4.69, 9.17) is 48.5 Å². The van der Waals surface area contributed by atoms with Gasteiger partial charge in [0.15, 0.2) is 11.6 Å². The topological polar surface area (TPSA) is 226 Å². The second kappa shape index (κ2) is 70.6. The van der Waals surface area contributed by atoms with Crippen LogP contribution in [0.4, 0.5) is 4.39 Å². The number of nitrogens with zero attached hydrogens (tertiary/aromatic N) is 4. The molecule has 0 atom stereocenters. The zero-order chi connectivity index (χ0) is 84.6. The Balaban J connectivity index is 0.00000123. The average molecular weight is 1930 g/mol. The summed E-state index contributed by atoms with van der Waals surface area (Å²) in [6.07, 6.45) is 51.0. The molecule has 638 valence electrons. The summed E-state index contributed by atoms with van der Waals surface area (Å²) in [5.74, 6) is 0.510. The van der Waals surface area contributed by atoms with Gasteiger partial charge in [0.1, 0.15) is 0 Å². The Kier molecular flexibility index (Phi) is 67.3. The molecule has 0 spiro atoms. The van der Waals surface area contributed by atoms with E-state index in [0.29, 0.717) is 71.5 Å². The molecule has 27 heteroatoms. The Morgan fingerprint density at radius 3 is 0.857 bits per heavy atom. The Hall–Kier alpha value is -3.36. The lowest BCUT2D eigenvalue weighted by Gasteiger charge is -2.26. The number of alkyl halides is 7. The lowest BCUT2D eigenvalue weighted by Crippen LogP contribution is -2.35. The van der Waals surface area contributed by atoms with Crippen molar-refractivity contribution in [1.29, 1.82) is 0 Å². The van der Waals surface area contributed by atoms with Crippen molar-refractivity contribution in [3.8, 4) is 0 Å². The largest absolute Gasteiger partial charge is 0.481 e. The van der Waals surface area contributed by atoms with Gasteiger partial charge < -0.3 is 39.3 Å². The Morgan fingerprint density at radius 1 is 0.420 bits per heavy atom. The predicted molar refractivity (Wildman–Crippen MR) is 477 cm³/mol. The number of Topliss-reactive ketones (excluding diaryl/α,β-unsaturated/α-hetero) is 2. The molecule has 4 amide bonds. The maximum atomic E-state index is 11.9. The summed E-state index contributed by atoms with van der Waals surface area (Å²) in [7, 11) is 6.36. The normalized spacial score (nSPS) is 18.6. The van der Waals surface area contributed by atoms with Gasteiger partial charge in [-0.25, -0.2) is 4.21 Å². The van der Waals surface area contributed by atoms with E-state index in [2.05, 4.69) is 163 Å². The van der Waals surface area contributed by atoms with Gasteiger partial charge in [0.2, 0.25) is 32.9 Å². The first-order valence-electron chi connectivity index (χ1n) is 40.4. The van der Waals surface area contributed by atoms with Crippen LogP contribution in [-0.2, 0) is 57.1 Å². The standard InChI is InChI=1S/2C14H21NO.2C9H10O.2C8H14BrNO.C7H10.2C4H8O.2C3H5BrO2.CH2Cl2.CH3F.Cl2OS/c2*1-12-5-6-13(11-12)7-8-14(16)15-9-3-2-4-10-15;2*1-6-4-7-2-3-9(10)8(7)5-6;2*9-5-4-8(11)10-6-2-1-3-7-10;1-6-3-4-7(2)5-6;2*1-2-4-5-3-1;2*4-2-1-3(5)6;2-1-3;1-2;1-4(2)3/h2*5-6H,2-4,7-11H2,1H3;2*5H,2-4H2,1H3;2*1-7H2;3-4H,5H2,1-2H3;2*1-4H2;2*1-2H2,(H,5,6);1H2;1H3;/i;;;;;;;;;;;;1D;. The highest BCUT2D eigenvalue weighted by Crippen LogP contribution is 2.36. The molecule has 6 aliphatic heterocycles. The molecular weight excluding hydrogens is 1800 g/mol. The molecule has 0 saturated carbocycles. The van der Waals surface area contributed by atoms with Crippen LogP contribution in [0.2, 0.25) is 0 Å². The quantitative estimate of drug-likeness (QED) is 0.122. The molecule has 6 fully saturated rings. The number of piperidine rings is 4. The second-order valence-corrected chi connectivity index (χ2v) is 35.2. The number of rotatable bonds is 14. The number of carboxylic acid groups (broad SMARTS) is 2. The monoisotopic (exact) mass is 1920 g/mol. The molecular formula is C85H131Br4Cl4FN4O13S. The number of likely N-dealkylation sites (tertiary alicyclic amines) is 4. The van der Waals surface area contributed by atoms with Crippen LogP contribution in [0, 0.1) is 0 Å². The van der Waals surface area contributed by atoms with Crippen LogP contribution in [0.15, 0.2) is 115 Å². The number of hydrogen-bond acceptors (Lipinski definition) is 11. The molecule has 17 nitrogen and oxygen atoms in total. The van der Waals surface area contributed by atoms with Crippen LogP contribution >= 0.6 is 108 Å². The van der Waals surface area contributed by atoms with Crippen molar-refractivity contribution in [2.45, 2.75) is 253 Å². The van der Waals surface area contributed by atoms with E-state index in [1.807, 2.05) is 31.8 Å². The second-order valence-electron chi connectivity index (χ2n) is 28.7. The highest BCUT2D eigenvalue weighted by atomic mass is 79.9. The Morgan fingerprint density at radius 2 is 0.670 bits per heavy atom. The van der Waals surface area contributed by atoms with Crippen molar-refractivity contribution in [3.05, 3.63) is 115 Å². The molecule has 2 N–H and O–H groups in total. The smallest absolute Gasteiger partial charge is 0.304 e. The minimum absolute atomic E-state index is 0.194. The number of amides is 4. The van der Waals surface area contributed by atoms with E-state index in [9.17, 15) is 42.7 Å². The number of carboxylic acids is 2. The van der Waals surface area contributed by atoms with E-state index in [-0.39, 0.29) is 18.2 Å². The first kappa shape index (κ1) is 107. The number of hydrogen-bond donors (Lipinski definition) is 2. The van der Waals surface area contributed by atoms with E-state index in [1.165, 1.54) is 165 Å². The molecule has 0 aromatic carbocycles. The fourth-order valence-electron chi connectivity index (χ4n) is 13.2. The minimum atomic E-state index is -1.67. The molecule has 0 bridgehead atoms. The van der Waals surface area contributed by atoms with Crippen molar-refractivity contribution in [1.82, 2.24) is 19.6 Å². The molecule has 0 aromatic heterocycles. The number of ether oxygens (including phenoxy) is 2. The van der Waals surface area contributed by atoms with E-state index >= 15 is 0 Å². The number of carbonyl (C=O) groups is 8. The van der Waals surface area contributed by atoms with E-state index in [1.54, 1.807) is 0 Å². The van der Waals surface area contributed by atoms with Crippen LogP contribution in [-0.4, -0.2) is 194 Å². The zero-order valence-corrected chi connectivity index (χ0v) is 77.8. The fraction of sp³-hybridized carbons (Fsp3) is 0.671. The van der Waals surface area contributed by atoms with Gasteiger partial charge in [-0.1, -0.05) is 168 Å². The molecule has 6 heterocycles. The summed E-state index contributed by atoms with van der Waals surface area (Å²) in [5.41, 5.74) is 16.1. The van der Waals surface area contributed by atoms with Gasteiger partial charge in [-0.2, -0.15) is 0 Å². The van der Waals surface area contributed by atoms with Crippen molar-refractivity contribution < 1.29 is 68.0 Å². The SMILES string of the molecule is C1CCOC1.C1CCOC1.CC1=CC2=C(CCC2=O)C1.CC1=CC2=C(CCC2=O)C1.CC1=CC=C(C)C1.CC1=CC=C(CCC(=O)N2CCCCC2)C1.CC1=CC=C(CCC(=O)N2CCCCC2)C1.ClCCl.O=C(CCBr)N1CCCCC1.O=C(CCBr)N1CCCCC1.O=C(O)CCBr.O=C(O)CCBr.O=S(Cl)Cl.[2H]CF. The first-order valence-corrected chi connectivity index (χ1v) is 48.0. The Bertz CT molecular complexity index is 2950. The summed E-state index contributed by atoms with van der Waals surface area (Å²) < 4.78 is 34.5. The molecule has 0 radical (unpaired) electrons. The molecule has 0 aromatic rings. The lowest BCUT2D eigenvalue weighted by atomic mass is 10.1. The Labute approximate surface area is 727 Å². The average Bonchev–Trinajstić information content (AvgIpc) is 1.68. The maximum Gasteiger partial charge on any atom is 0.304 e. The summed E-state index contributed by atoms with van der Waals surface area (Å²) in [6.45, 7) is 24.6. The number of aliphatic carboxylic acids is 2. The number of halogens is 9. The summed E-state index contributed by atoms with van der Waals surface area (Å²) >= 11 is 22.0. The third-order valence-corrected chi connectivity index (χ3v) is 20.5. The van der Waals surface area contributed by atoms with Gasteiger partial charge in [0.05, 0.1) is 26.7 Å². The van der Waals surface area contributed by atoms with Crippen LogP contribution in [0.1, 0.15) is 255 Å². The molecule has 13 aliphatic rings. The van der Waals surface area contributed by atoms with Gasteiger partial charge >= 0.3 is 11.9 Å². The van der Waals surface area contributed by atoms with Crippen LogP contribution in [0.5, 0.6) is 0 Å². The summed E-state index contributed by atoms with van der Waals surface area (Å²) in [6, 6.07) is 0. The highest BCUT2D eigenvalue weighted by molar-refractivity contribution is 9.09. The molecule has 0 unspecified atom stereocenters. The van der Waals surface area contributed by atoms with Crippen molar-refractivity contribution in [3.63, 3.8) is 0 Å². The zero-order valence-electron chi connectivity index (χ0n) is 68.7. The molecule has 6 saturated heterocycles. The maximum absolute atomic E-state index is 11.9. The summed E-state index contributed by atoms with van der Waals surface area (Å²) in [5, 5.41) is 18.6. The van der Waals surface area contributed by atoms with E-state index < -0.39 is 28.3 Å². The van der Waals surface area contributed by atoms with Crippen molar-refractivity contribution in [2.75, 3.05) is 113 Å². The first-order chi connectivity index (χ1) is 54.1.